The van der Waals surface area contributed by atoms with Crippen molar-refractivity contribution in [3.63, 3.8) is 0 Å². The van der Waals surface area contributed by atoms with Crippen LogP contribution in [-0.2, 0) is 0 Å². The smallest absolute Gasteiger partial charge is 0.0228 e. The Kier molecular flexibility index (Phi) is 6.30. The normalized spacial score (nSPS) is 34.4. The van der Waals surface area contributed by atoms with Crippen molar-refractivity contribution in [1.29, 1.82) is 0 Å². The summed E-state index contributed by atoms with van der Waals surface area (Å²) in [5, 5.41) is 0. The second-order valence-corrected chi connectivity index (χ2v) is 6.33. The summed E-state index contributed by atoms with van der Waals surface area (Å²) in [7, 11) is 0. The summed E-state index contributed by atoms with van der Waals surface area (Å²) in [5.74, 6) is 1.67. The molecule has 0 aromatic rings. The van der Waals surface area contributed by atoms with Gasteiger partial charge < -0.3 is 0 Å². The van der Waals surface area contributed by atoms with Gasteiger partial charge in [-0.15, -0.1) is 0 Å². The van der Waals surface area contributed by atoms with E-state index in [1.165, 1.54) is 51.4 Å². The van der Waals surface area contributed by atoms with Gasteiger partial charge in [-0.05, 0) is 49.4 Å². The minimum absolute atomic E-state index is 0.593. The van der Waals surface area contributed by atoms with Crippen LogP contribution < -0.4 is 0 Å². The maximum Gasteiger partial charge on any atom is -0.0228 e. The maximum atomic E-state index is 2.57. The summed E-state index contributed by atoms with van der Waals surface area (Å²) in [6.07, 6.45) is 16.0. The van der Waals surface area contributed by atoms with Crippen molar-refractivity contribution in [2.45, 2.75) is 79.1 Å². The molecule has 0 radical (unpaired) electrons. The predicted octanol–water partition coefficient (Wildman–Crippen LogP) is 5.98. The molecule has 0 saturated carbocycles. The zero-order valence-electron chi connectivity index (χ0n) is 12.5. The molecule has 0 aromatic carbocycles. The van der Waals surface area contributed by atoms with Crippen molar-refractivity contribution < 1.29 is 0 Å². The van der Waals surface area contributed by atoms with E-state index >= 15 is 0 Å². The van der Waals surface area contributed by atoms with Gasteiger partial charge in [0.25, 0.3) is 0 Å². The quantitative estimate of drug-likeness (QED) is 0.515. The first-order valence-electron chi connectivity index (χ1n) is 7.80. The minimum Gasteiger partial charge on any atom is -0.0883 e. The zero-order chi connectivity index (χ0) is 12.7. The van der Waals surface area contributed by atoms with Gasteiger partial charge in [0.05, 0.1) is 0 Å². The Morgan fingerprint density at radius 2 is 2.00 bits per heavy atom. The van der Waals surface area contributed by atoms with Crippen molar-refractivity contribution in [3.05, 3.63) is 12.2 Å². The Morgan fingerprint density at radius 3 is 2.65 bits per heavy atom. The first kappa shape index (κ1) is 14.8. The Hall–Kier alpha value is -0.260. The largest absolute Gasteiger partial charge is 0.0883 e. The Morgan fingerprint density at radius 1 is 1.24 bits per heavy atom. The van der Waals surface area contributed by atoms with Crippen molar-refractivity contribution in [2.75, 3.05) is 0 Å². The fraction of sp³-hybridized carbons (Fsp3) is 0.882. The molecule has 1 aliphatic rings. The molecule has 17 heavy (non-hydrogen) atoms. The first-order valence-corrected chi connectivity index (χ1v) is 7.80. The number of hydrogen-bond donors (Lipinski definition) is 0. The first-order chi connectivity index (χ1) is 8.14. The van der Waals surface area contributed by atoms with Crippen LogP contribution in [0.25, 0.3) is 0 Å². The van der Waals surface area contributed by atoms with Crippen LogP contribution in [0.1, 0.15) is 79.1 Å². The van der Waals surface area contributed by atoms with Crippen molar-refractivity contribution in [1.82, 2.24) is 0 Å². The van der Waals surface area contributed by atoms with E-state index in [9.17, 15) is 0 Å². The van der Waals surface area contributed by atoms with Gasteiger partial charge in [0, 0.05) is 0 Å². The second-order valence-electron chi connectivity index (χ2n) is 6.33. The lowest BCUT2D eigenvalue weighted by molar-refractivity contribution is 0.102. The lowest BCUT2D eigenvalue weighted by Crippen LogP contribution is -2.32. The van der Waals surface area contributed by atoms with Crippen LogP contribution in [0.4, 0.5) is 0 Å². The molecule has 0 amide bonds. The summed E-state index contributed by atoms with van der Waals surface area (Å²) in [6.45, 7) is 9.67. The molecule has 0 N–H and O–H groups in total. The molecule has 0 fully saturated rings. The highest BCUT2D eigenvalue weighted by molar-refractivity contribution is 4.97. The molecular formula is C17H32. The summed E-state index contributed by atoms with van der Waals surface area (Å²) in [4.78, 5) is 0. The number of unbranched alkanes of at least 4 members (excludes halogenated alkanes) is 1. The SMILES string of the molecule is CCCCC1(C)CCCC=CC(C)C1CCC. The minimum atomic E-state index is 0.593. The summed E-state index contributed by atoms with van der Waals surface area (Å²) < 4.78 is 0. The van der Waals surface area contributed by atoms with E-state index in [1.54, 1.807) is 0 Å². The van der Waals surface area contributed by atoms with Crippen LogP contribution in [0.3, 0.4) is 0 Å². The van der Waals surface area contributed by atoms with Crippen LogP contribution in [0, 0.1) is 17.3 Å². The van der Waals surface area contributed by atoms with E-state index in [4.69, 9.17) is 0 Å². The van der Waals surface area contributed by atoms with Gasteiger partial charge in [-0.25, -0.2) is 0 Å². The Labute approximate surface area is 109 Å². The average molecular weight is 236 g/mol. The van der Waals surface area contributed by atoms with Crippen LogP contribution in [0.15, 0.2) is 12.2 Å². The van der Waals surface area contributed by atoms with Crippen molar-refractivity contribution in [3.8, 4) is 0 Å². The lowest BCUT2D eigenvalue weighted by atomic mass is 9.63. The van der Waals surface area contributed by atoms with E-state index in [2.05, 4.69) is 39.8 Å². The van der Waals surface area contributed by atoms with Gasteiger partial charge in [-0.2, -0.15) is 0 Å². The highest BCUT2D eigenvalue weighted by Gasteiger charge is 2.35. The van der Waals surface area contributed by atoms with Gasteiger partial charge in [0.1, 0.15) is 0 Å². The zero-order valence-corrected chi connectivity index (χ0v) is 12.5. The molecule has 3 atom stereocenters. The number of hydrogen-bond acceptors (Lipinski definition) is 0. The summed E-state index contributed by atoms with van der Waals surface area (Å²) in [5.41, 5.74) is 0.593. The van der Waals surface area contributed by atoms with Gasteiger partial charge in [0.2, 0.25) is 0 Å². The van der Waals surface area contributed by atoms with Gasteiger partial charge in [-0.1, -0.05) is 59.1 Å². The van der Waals surface area contributed by atoms with Crippen molar-refractivity contribution >= 4 is 0 Å². The van der Waals surface area contributed by atoms with Crippen LogP contribution >= 0.6 is 0 Å². The fourth-order valence-corrected chi connectivity index (χ4v) is 3.70. The topological polar surface area (TPSA) is 0 Å². The van der Waals surface area contributed by atoms with E-state index in [0.29, 0.717) is 5.41 Å². The molecule has 0 bridgehead atoms. The maximum absolute atomic E-state index is 2.57. The molecule has 0 spiro atoms. The molecule has 0 saturated heterocycles. The Bertz CT molecular complexity index is 228. The van der Waals surface area contributed by atoms with Crippen molar-refractivity contribution in [2.24, 2.45) is 17.3 Å². The Balaban J connectivity index is 2.81. The molecule has 0 aromatic heterocycles. The van der Waals surface area contributed by atoms with Crippen LogP contribution in [-0.4, -0.2) is 0 Å². The molecule has 0 heteroatoms. The third kappa shape index (κ3) is 4.16. The predicted molar refractivity (Wildman–Crippen MR) is 78.2 cm³/mol. The summed E-state index contributed by atoms with van der Waals surface area (Å²) in [6, 6.07) is 0. The average Bonchev–Trinajstić information content (AvgIpc) is 2.31. The molecule has 0 heterocycles. The standard InChI is InChI=1S/C17H32/c1-5-7-13-17(4)14-10-8-9-12-15(3)16(17)11-6-2/h9,12,15-16H,5-8,10-11,13-14H2,1-4H3. The monoisotopic (exact) mass is 236 g/mol. The fourth-order valence-electron chi connectivity index (χ4n) is 3.70. The van der Waals surface area contributed by atoms with Crippen LogP contribution in [0.5, 0.6) is 0 Å². The summed E-state index contributed by atoms with van der Waals surface area (Å²) >= 11 is 0. The van der Waals surface area contributed by atoms with Gasteiger partial charge in [-0.3, -0.25) is 0 Å². The highest BCUT2D eigenvalue weighted by atomic mass is 14.4. The molecule has 3 unspecified atom stereocenters. The third-order valence-corrected chi connectivity index (χ3v) is 4.79. The van der Waals surface area contributed by atoms with Gasteiger partial charge >= 0.3 is 0 Å². The number of allylic oxidation sites excluding steroid dienone is 2. The van der Waals surface area contributed by atoms with E-state index in [0.717, 1.165) is 11.8 Å². The number of rotatable bonds is 5. The van der Waals surface area contributed by atoms with Gasteiger partial charge in [0.15, 0.2) is 0 Å². The molecule has 100 valence electrons. The second kappa shape index (κ2) is 7.24. The molecular weight excluding hydrogens is 204 g/mol. The highest BCUT2D eigenvalue weighted by Crippen LogP contribution is 2.45. The molecule has 1 rings (SSSR count). The molecule has 0 aliphatic heterocycles. The van der Waals surface area contributed by atoms with E-state index in [1.807, 2.05) is 0 Å². The van der Waals surface area contributed by atoms with Crippen LogP contribution in [0.2, 0.25) is 0 Å². The van der Waals surface area contributed by atoms with E-state index < -0.39 is 0 Å². The third-order valence-electron chi connectivity index (χ3n) is 4.79. The van der Waals surface area contributed by atoms with E-state index in [-0.39, 0.29) is 0 Å². The lowest BCUT2D eigenvalue weighted by Gasteiger charge is -2.42. The molecule has 1 aliphatic carbocycles. The molecule has 0 nitrogen and oxygen atoms in total.